The Balaban J connectivity index is 0.000000183. The van der Waals surface area contributed by atoms with Crippen LogP contribution in [0.5, 0.6) is 0 Å². The van der Waals surface area contributed by atoms with Crippen LogP contribution < -0.4 is 0 Å². The fourth-order valence-corrected chi connectivity index (χ4v) is 0.642. The maximum Gasteiger partial charge on any atom is -0.172 e. The topological polar surface area (TPSA) is 0 Å². The predicted octanol–water partition coefficient (Wildman–Crippen LogP) is 3.60. The SMILES string of the molecule is C[Si](C)=[Zr+2].c1cc[cH-]c1.c1cc[cH-]c1. The van der Waals surface area contributed by atoms with E-state index in [0.717, 1.165) is 0 Å². The molecule has 0 atom stereocenters. The summed E-state index contributed by atoms with van der Waals surface area (Å²) in [6.07, 6.45) is 0. The van der Waals surface area contributed by atoms with E-state index in [1.807, 2.05) is 60.7 Å². The van der Waals surface area contributed by atoms with Crippen LogP contribution in [0.3, 0.4) is 0 Å². The van der Waals surface area contributed by atoms with Crippen molar-refractivity contribution in [3.8, 4) is 0 Å². The first-order valence-electron chi connectivity index (χ1n) is 4.58. The van der Waals surface area contributed by atoms with Gasteiger partial charge in [0.15, 0.2) is 0 Å². The molecule has 0 radical (unpaired) electrons. The predicted molar refractivity (Wildman–Crippen MR) is 61.6 cm³/mol. The summed E-state index contributed by atoms with van der Waals surface area (Å²) < 4.78 is 0. The zero-order valence-electron chi connectivity index (χ0n) is 8.77. The maximum absolute atomic E-state index is 2.31. The molecule has 0 aromatic heterocycles. The summed E-state index contributed by atoms with van der Waals surface area (Å²) in [4.78, 5) is 0. The van der Waals surface area contributed by atoms with E-state index in [0.29, 0.717) is 0 Å². The Bertz CT molecular complexity index is 217. The molecule has 72 valence electrons. The Morgan fingerprint density at radius 3 is 1.07 bits per heavy atom. The van der Waals surface area contributed by atoms with E-state index in [4.69, 9.17) is 0 Å². The van der Waals surface area contributed by atoms with Gasteiger partial charge in [0.05, 0.1) is 0 Å². The third-order valence-electron chi connectivity index (χ3n) is 1.11. The molecule has 0 aliphatic heterocycles. The average molecular weight is 280 g/mol. The van der Waals surface area contributed by atoms with Crippen LogP contribution in [-0.4, -0.2) is 5.43 Å². The van der Waals surface area contributed by atoms with Gasteiger partial charge in [-0.05, 0) is 0 Å². The van der Waals surface area contributed by atoms with Crippen LogP contribution in [0.4, 0.5) is 0 Å². The Kier molecular flexibility index (Phi) is 10.7. The van der Waals surface area contributed by atoms with Gasteiger partial charge in [-0.25, -0.2) is 24.3 Å². The van der Waals surface area contributed by atoms with E-state index in [1.54, 1.807) is 23.3 Å². The maximum atomic E-state index is 2.31. The molecule has 0 N–H and O–H groups in total. The van der Waals surface area contributed by atoms with Crippen LogP contribution in [0.15, 0.2) is 60.7 Å². The largest absolute Gasteiger partial charge is 0.214 e. The Morgan fingerprint density at radius 2 is 1.00 bits per heavy atom. The van der Waals surface area contributed by atoms with Gasteiger partial charge in [-0.1, -0.05) is 0 Å². The third kappa shape index (κ3) is 14.3. The quantitative estimate of drug-likeness (QED) is 0.511. The molecule has 0 saturated heterocycles. The fourth-order valence-electron chi connectivity index (χ4n) is 0.642. The second kappa shape index (κ2) is 10.9. The van der Waals surface area contributed by atoms with E-state index in [9.17, 15) is 0 Å². The van der Waals surface area contributed by atoms with Gasteiger partial charge in [-0.2, -0.15) is 36.4 Å². The van der Waals surface area contributed by atoms with Crippen LogP contribution in [-0.2, 0) is 23.3 Å². The van der Waals surface area contributed by atoms with Crippen molar-refractivity contribution in [3.63, 3.8) is 0 Å². The van der Waals surface area contributed by atoms with Gasteiger partial charge in [0.25, 0.3) is 0 Å². The van der Waals surface area contributed by atoms with Gasteiger partial charge in [-0.3, -0.25) is 0 Å². The molecule has 2 rings (SSSR count). The molecular weight excluding hydrogens is 263 g/mol. The molecule has 0 aliphatic rings. The van der Waals surface area contributed by atoms with E-state index in [1.165, 1.54) is 0 Å². The van der Waals surface area contributed by atoms with Crippen LogP contribution in [0.1, 0.15) is 0 Å². The van der Waals surface area contributed by atoms with Crippen molar-refractivity contribution in [2.75, 3.05) is 0 Å². The van der Waals surface area contributed by atoms with E-state index < -0.39 is 0 Å². The van der Waals surface area contributed by atoms with Gasteiger partial charge < -0.3 is 0 Å². The number of hydrogen-bond donors (Lipinski definition) is 0. The molecule has 0 bridgehead atoms. The van der Waals surface area contributed by atoms with Crippen LogP contribution in [0, 0.1) is 0 Å². The molecule has 0 amide bonds. The van der Waals surface area contributed by atoms with Crippen molar-refractivity contribution >= 4 is 5.43 Å². The van der Waals surface area contributed by atoms with Crippen molar-refractivity contribution in [1.82, 2.24) is 0 Å². The van der Waals surface area contributed by atoms with Gasteiger partial charge in [0.1, 0.15) is 0 Å². The molecule has 2 heteroatoms. The van der Waals surface area contributed by atoms with Gasteiger partial charge in [0.2, 0.25) is 0 Å². The molecule has 2 aromatic rings. The van der Waals surface area contributed by atoms with Gasteiger partial charge >= 0.3 is 41.9 Å². The molecule has 0 unspecified atom stereocenters. The van der Waals surface area contributed by atoms with E-state index in [-0.39, 0.29) is 5.43 Å². The van der Waals surface area contributed by atoms with Crippen molar-refractivity contribution in [1.29, 1.82) is 0 Å². The zero-order chi connectivity index (χ0) is 10.6. The first kappa shape index (κ1) is 13.8. The summed E-state index contributed by atoms with van der Waals surface area (Å²) in [5.74, 6) is 0. The summed E-state index contributed by atoms with van der Waals surface area (Å²) in [7, 11) is 0. The minimum atomic E-state index is 0.210. The molecule has 2 aromatic carbocycles. The van der Waals surface area contributed by atoms with Gasteiger partial charge in [0, 0.05) is 0 Å². The van der Waals surface area contributed by atoms with Crippen LogP contribution in [0.25, 0.3) is 0 Å². The van der Waals surface area contributed by atoms with Crippen molar-refractivity contribution in [2.24, 2.45) is 0 Å². The summed E-state index contributed by atoms with van der Waals surface area (Å²) in [6, 6.07) is 20.0. The Hall–Kier alpha value is -0.200. The smallest absolute Gasteiger partial charge is 0.172 e. The van der Waals surface area contributed by atoms with E-state index in [2.05, 4.69) is 13.1 Å². The molecule has 0 heterocycles. The van der Waals surface area contributed by atoms with Crippen molar-refractivity contribution in [3.05, 3.63) is 60.7 Å². The number of hydrogen-bond acceptors (Lipinski definition) is 0. The standard InChI is InChI=1S/2C5H5.C2H6Si.Zr/c2*1-2-4-5-3-1;1-3-2;/h2*1-5H;1-2H3;/q2*-1;;+2. The molecule has 0 saturated carbocycles. The minimum absolute atomic E-state index is 0.210. The number of rotatable bonds is 0. The third-order valence-corrected chi connectivity index (χ3v) is 1.11. The average Bonchev–Trinajstić information content (AvgIpc) is 2.83. The molecular formula is C12H16SiZr. The summed E-state index contributed by atoms with van der Waals surface area (Å²) >= 11 is 1.74. The molecule has 0 aliphatic carbocycles. The molecule has 0 spiro atoms. The van der Waals surface area contributed by atoms with Crippen LogP contribution >= 0.6 is 0 Å². The second-order valence-electron chi connectivity index (χ2n) is 2.92. The summed E-state index contributed by atoms with van der Waals surface area (Å²) in [5, 5.41) is 0. The Morgan fingerprint density at radius 1 is 0.786 bits per heavy atom. The monoisotopic (exact) mass is 278 g/mol. The van der Waals surface area contributed by atoms with Crippen molar-refractivity contribution in [2.45, 2.75) is 13.1 Å². The summed E-state index contributed by atoms with van der Waals surface area (Å²) in [6.45, 7) is 4.62. The van der Waals surface area contributed by atoms with Gasteiger partial charge in [-0.15, -0.1) is 0 Å². The second-order valence-corrected chi connectivity index (χ2v) is 12.3. The first-order valence-corrected chi connectivity index (χ1v) is 10.8. The molecule has 14 heavy (non-hydrogen) atoms. The molecule has 0 fully saturated rings. The summed E-state index contributed by atoms with van der Waals surface area (Å²) in [5.41, 5.74) is 0.210. The first-order chi connectivity index (χ1) is 6.73. The van der Waals surface area contributed by atoms with Crippen LogP contribution in [0.2, 0.25) is 13.1 Å². The zero-order valence-corrected chi connectivity index (χ0v) is 12.2. The molecule has 0 nitrogen and oxygen atoms in total. The normalized spacial score (nSPS) is 7.71. The Labute approximate surface area is 102 Å². The van der Waals surface area contributed by atoms with Crippen molar-refractivity contribution < 1.29 is 23.3 Å². The fraction of sp³-hybridized carbons (Fsp3) is 0.167. The van der Waals surface area contributed by atoms with E-state index >= 15 is 0 Å². The minimum Gasteiger partial charge on any atom is -0.214 e.